The highest BCUT2D eigenvalue weighted by atomic mass is 32.2. The van der Waals surface area contributed by atoms with Crippen molar-refractivity contribution in [1.82, 2.24) is 13.5 Å². The molecule has 0 N–H and O–H groups in total. The number of hydrogen-bond donors (Lipinski definition) is 0. The molecule has 0 spiro atoms. The molecule has 0 heterocycles. The first-order valence-electron chi connectivity index (χ1n) is 18.5. The third kappa shape index (κ3) is 36.9. The van der Waals surface area contributed by atoms with Crippen LogP contribution in [0.4, 0.5) is 0 Å². The van der Waals surface area contributed by atoms with Crippen LogP contribution in [-0.2, 0) is 72.2 Å². The summed E-state index contributed by atoms with van der Waals surface area (Å²) in [5, 5.41) is 0. The molecule has 20 heteroatoms. The van der Waals surface area contributed by atoms with Gasteiger partial charge in [0.05, 0.1) is 77.6 Å². The van der Waals surface area contributed by atoms with Gasteiger partial charge in [-0.05, 0) is 17.8 Å². The molecule has 0 aliphatic rings. The van der Waals surface area contributed by atoms with Crippen LogP contribution < -0.4 is 0 Å². The monoisotopic (exact) mass is 843 g/mol. The maximum absolute atomic E-state index is 12.2. The summed E-state index contributed by atoms with van der Waals surface area (Å²) in [5.74, 6) is 0.741. The third-order valence-corrected chi connectivity index (χ3v) is 10.9. The molecule has 0 saturated carbocycles. The van der Waals surface area contributed by atoms with Crippen molar-refractivity contribution in [1.29, 1.82) is 0 Å². The number of carbonyl (C=O) groups is 1. The van der Waals surface area contributed by atoms with Crippen LogP contribution >= 0.6 is 0 Å². The molecule has 0 radical (unpaired) electrons. The van der Waals surface area contributed by atoms with Gasteiger partial charge < -0.3 is 47.4 Å². The number of ether oxygens (including phenoxy) is 10. The molecule has 0 bridgehead atoms. The van der Waals surface area contributed by atoms with Crippen LogP contribution in [0.25, 0.3) is 0 Å². The Kier molecular flexibility index (Phi) is 40.7. The van der Waals surface area contributed by atoms with Crippen molar-refractivity contribution < 1.29 is 69.0 Å². The average Bonchev–Trinajstić information content (AvgIpc) is 3.09. The summed E-state index contributed by atoms with van der Waals surface area (Å²) >= 11 is 0. The van der Waals surface area contributed by atoms with Crippen molar-refractivity contribution in [3.8, 4) is 0 Å². The van der Waals surface area contributed by atoms with Gasteiger partial charge in [0.25, 0.3) is 0 Å². The second kappa shape index (κ2) is 38.4. The lowest BCUT2D eigenvalue weighted by Crippen LogP contribution is -2.38. The highest BCUT2D eigenvalue weighted by molar-refractivity contribution is 7.89. The van der Waals surface area contributed by atoms with Crippen LogP contribution in [0.15, 0.2) is 0 Å². The van der Waals surface area contributed by atoms with Crippen LogP contribution in [0.5, 0.6) is 0 Å². The SMILES string of the molecule is COCCN(CCOC)S(=O)(=O)CC(C)C.COCCOCN(COCCOC)C(=O)CC(C)C.COCCOCN(COCCOC)S(=O)(=O)CC(C)C. The molecule has 18 nitrogen and oxygen atoms in total. The van der Waals surface area contributed by atoms with E-state index < -0.39 is 20.0 Å². The van der Waals surface area contributed by atoms with E-state index in [1.165, 1.54) is 8.61 Å². The van der Waals surface area contributed by atoms with Crippen molar-refractivity contribution in [3.05, 3.63) is 0 Å². The summed E-state index contributed by atoms with van der Waals surface area (Å²) in [6, 6.07) is 0. The lowest BCUT2D eigenvalue weighted by Gasteiger charge is -2.23. The van der Waals surface area contributed by atoms with Crippen LogP contribution in [-0.4, -0.2) is 196 Å². The summed E-state index contributed by atoms with van der Waals surface area (Å²) in [4.78, 5) is 13.5. The molecule has 55 heavy (non-hydrogen) atoms. The number of sulfonamides is 2. The zero-order valence-corrected chi connectivity index (χ0v) is 37.6. The number of amides is 1. The molecular formula is C35H77N3O15S2. The Morgan fingerprint density at radius 2 is 0.745 bits per heavy atom. The maximum atomic E-state index is 12.2. The second-order valence-corrected chi connectivity index (χ2v) is 17.4. The number of nitrogens with zero attached hydrogens (tertiary/aromatic N) is 3. The Morgan fingerprint density at radius 3 is 1.04 bits per heavy atom. The minimum atomic E-state index is -3.39. The van der Waals surface area contributed by atoms with E-state index in [1.54, 1.807) is 47.6 Å². The van der Waals surface area contributed by atoms with Crippen molar-refractivity contribution in [2.45, 2.75) is 48.0 Å². The van der Waals surface area contributed by atoms with E-state index in [1.807, 2.05) is 41.5 Å². The lowest BCUT2D eigenvalue weighted by atomic mass is 10.1. The fourth-order valence-electron chi connectivity index (χ4n) is 3.94. The first-order valence-corrected chi connectivity index (χ1v) is 21.7. The summed E-state index contributed by atoms with van der Waals surface area (Å²) in [5.41, 5.74) is 0. The van der Waals surface area contributed by atoms with Crippen LogP contribution in [0.2, 0.25) is 0 Å². The van der Waals surface area contributed by atoms with E-state index in [0.29, 0.717) is 91.5 Å². The zero-order valence-electron chi connectivity index (χ0n) is 35.9. The summed E-state index contributed by atoms with van der Waals surface area (Å²) < 4.78 is 101. The predicted molar refractivity (Wildman–Crippen MR) is 211 cm³/mol. The largest absolute Gasteiger partial charge is 0.383 e. The fourth-order valence-corrected chi connectivity index (χ4v) is 7.22. The number of rotatable bonds is 34. The molecule has 1 amide bonds. The third-order valence-electron chi connectivity index (χ3n) is 6.59. The average molecular weight is 844 g/mol. The van der Waals surface area contributed by atoms with Gasteiger partial charge in [-0.25, -0.2) is 16.8 Å². The molecule has 0 rings (SSSR count). The van der Waals surface area contributed by atoms with Gasteiger partial charge in [0.2, 0.25) is 26.0 Å². The summed E-state index contributed by atoms with van der Waals surface area (Å²) in [7, 11) is 2.87. The Labute approximate surface area is 333 Å². The molecule has 0 fully saturated rings. The topological polar surface area (TPSA) is 187 Å². The highest BCUT2D eigenvalue weighted by Gasteiger charge is 2.24. The molecule has 0 saturated heterocycles. The van der Waals surface area contributed by atoms with Gasteiger partial charge in [-0.15, -0.1) is 0 Å². The zero-order chi connectivity index (χ0) is 42.5. The Balaban J connectivity index is -0.000000742. The van der Waals surface area contributed by atoms with E-state index in [2.05, 4.69) is 0 Å². The standard InChI is InChI=1S/C13H27NO5.C12H27NO6S.C10H23NO4S/c1-12(2)9-13(15)14(10-18-7-5-16-3)11-19-8-6-17-4;1-12(2)9-20(14,15)13(10-18-7-5-16-3)11-19-8-6-17-4;1-10(2)9-16(12,13)11(5-7-14-3)6-8-15-4/h12H,5-11H2,1-4H3;12H,5-11H2,1-4H3;10H,5-9H2,1-4H3. The van der Waals surface area contributed by atoms with Gasteiger partial charge in [0.1, 0.15) is 26.9 Å². The molecule has 0 aromatic heterocycles. The normalized spacial score (nSPS) is 12.0. The quantitative estimate of drug-likeness (QED) is 0.0677. The van der Waals surface area contributed by atoms with E-state index in [4.69, 9.17) is 47.4 Å². The highest BCUT2D eigenvalue weighted by Crippen LogP contribution is 2.09. The molecular weight excluding hydrogens is 767 g/mol. The molecule has 0 aromatic carbocycles. The molecule has 334 valence electrons. The minimum absolute atomic E-state index is 0.0323. The smallest absolute Gasteiger partial charge is 0.226 e. The van der Waals surface area contributed by atoms with Crippen LogP contribution in [0, 0.1) is 17.8 Å². The molecule has 0 aromatic rings. The Hall–Kier alpha value is -1.11. The minimum Gasteiger partial charge on any atom is -0.383 e. The van der Waals surface area contributed by atoms with Crippen LogP contribution in [0.1, 0.15) is 48.0 Å². The van der Waals surface area contributed by atoms with Crippen molar-refractivity contribution >= 4 is 26.0 Å². The number of hydrogen-bond acceptors (Lipinski definition) is 15. The lowest BCUT2D eigenvalue weighted by molar-refractivity contribution is -0.147. The fraction of sp³-hybridized carbons (Fsp3) is 0.971. The van der Waals surface area contributed by atoms with Gasteiger partial charge in [0.15, 0.2) is 0 Å². The molecule has 0 unspecified atom stereocenters. The van der Waals surface area contributed by atoms with Crippen LogP contribution in [0.3, 0.4) is 0 Å². The van der Waals surface area contributed by atoms with E-state index in [0.717, 1.165) is 0 Å². The summed E-state index contributed by atoms with van der Waals surface area (Å²) in [6.07, 6.45) is 0.487. The van der Waals surface area contributed by atoms with Gasteiger partial charge in [-0.1, -0.05) is 41.5 Å². The van der Waals surface area contributed by atoms with E-state index in [-0.39, 0.29) is 56.2 Å². The molecule has 0 atom stereocenters. The van der Waals surface area contributed by atoms with Crippen molar-refractivity contribution in [2.75, 3.05) is 160 Å². The second-order valence-electron chi connectivity index (χ2n) is 13.3. The summed E-state index contributed by atoms with van der Waals surface area (Å²) in [6.45, 7) is 16.9. The first-order chi connectivity index (χ1) is 26.0. The van der Waals surface area contributed by atoms with Gasteiger partial charge in [0, 0.05) is 62.2 Å². The van der Waals surface area contributed by atoms with Gasteiger partial charge in [-0.2, -0.15) is 8.61 Å². The molecule has 0 aliphatic heterocycles. The van der Waals surface area contributed by atoms with E-state index >= 15 is 0 Å². The van der Waals surface area contributed by atoms with E-state index in [9.17, 15) is 21.6 Å². The van der Waals surface area contributed by atoms with Gasteiger partial charge in [-0.3, -0.25) is 9.69 Å². The Morgan fingerprint density at radius 1 is 0.436 bits per heavy atom. The van der Waals surface area contributed by atoms with Crippen molar-refractivity contribution in [3.63, 3.8) is 0 Å². The van der Waals surface area contributed by atoms with Gasteiger partial charge >= 0.3 is 0 Å². The predicted octanol–water partition coefficient (Wildman–Crippen LogP) is 2.18. The number of methoxy groups -OCH3 is 6. The van der Waals surface area contributed by atoms with Crippen molar-refractivity contribution in [2.24, 2.45) is 17.8 Å². The first kappa shape index (κ1) is 58.2. The molecule has 0 aliphatic carbocycles. The maximum Gasteiger partial charge on any atom is 0.226 e. The number of carbonyl (C=O) groups excluding carboxylic acids is 1. The Bertz CT molecular complexity index is 1040.